The Kier molecular flexibility index (Phi) is 4.41. The van der Waals surface area contributed by atoms with Gasteiger partial charge in [0, 0.05) is 24.1 Å². The Hall–Kier alpha value is -3.86. The Morgan fingerprint density at radius 1 is 1.29 bits per heavy atom. The van der Waals surface area contributed by atoms with Crippen molar-refractivity contribution in [2.24, 2.45) is 5.73 Å². The first-order valence-electron chi connectivity index (χ1n) is 8.09. The van der Waals surface area contributed by atoms with Crippen molar-refractivity contribution >= 4 is 40.3 Å². The largest absolute Gasteiger partial charge is 0.365 e. The molecule has 0 atom stereocenters. The maximum atomic E-state index is 11.7. The van der Waals surface area contributed by atoms with Gasteiger partial charge in [-0.15, -0.1) is 11.3 Å². The van der Waals surface area contributed by atoms with E-state index in [0.717, 1.165) is 5.56 Å². The molecule has 0 spiro atoms. The first-order valence-corrected chi connectivity index (χ1v) is 8.97. The Morgan fingerprint density at radius 3 is 2.82 bits per heavy atom. The van der Waals surface area contributed by atoms with Crippen molar-refractivity contribution < 1.29 is 9.59 Å². The highest BCUT2D eigenvalue weighted by Gasteiger charge is 2.20. The average Bonchev–Trinajstić information content (AvgIpc) is 3.36. The van der Waals surface area contributed by atoms with Crippen LogP contribution < -0.4 is 16.2 Å². The number of nitrogens with two attached hydrogens (primary N) is 1. The van der Waals surface area contributed by atoms with Crippen LogP contribution in [-0.4, -0.2) is 36.4 Å². The summed E-state index contributed by atoms with van der Waals surface area (Å²) in [6, 6.07) is 5.21. The predicted octanol–water partition coefficient (Wildman–Crippen LogP) is 1.54. The van der Waals surface area contributed by atoms with Gasteiger partial charge in [-0.1, -0.05) is 0 Å². The van der Waals surface area contributed by atoms with Crippen LogP contribution in [0.1, 0.15) is 16.6 Å². The van der Waals surface area contributed by atoms with Crippen LogP contribution in [0, 0.1) is 0 Å². The van der Waals surface area contributed by atoms with Gasteiger partial charge in [-0.2, -0.15) is 5.10 Å². The van der Waals surface area contributed by atoms with Crippen LogP contribution in [0.3, 0.4) is 0 Å². The van der Waals surface area contributed by atoms with Crippen LogP contribution in [0.4, 0.5) is 11.5 Å². The van der Waals surface area contributed by atoms with E-state index in [1.165, 1.54) is 29.6 Å². The Bertz CT molecular complexity index is 1170. The van der Waals surface area contributed by atoms with Crippen molar-refractivity contribution in [1.82, 2.24) is 30.0 Å². The predicted molar refractivity (Wildman–Crippen MR) is 103 cm³/mol. The summed E-state index contributed by atoms with van der Waals surface area (Å²) in [7, 11) is 0. The smallest absolute Gasteiger partial charge is 0.258 e. The van der Waals surface area contributed by atoms with Crippen molar-refractivity contribution in [3.05, 3.63) is 53.4 Å². The molecule has 0 radical (unpaired) electrons. The van der Waals surface area contributed by atoms with Gasteiger partial charge in [-0.05, 0) is 18.2 Å². The molecular weight excluding hydrogens is 380 g/mol. The van der Waals surface area contributed by atoms with Crippen LogP contribution in [0.2, 0.25) is 0 Å². The summed E-state index contributed by atoms with van der Waals surface area (Å²) in [5.74, 6) is -0.407. The van der Waals surface area contributed by atoms with Gasteiger partial charge in [0.05, 0.1) is 28.7 Å². The number of hydrogen-bond donors (Lipinski definition) is 2. The molecule has 4 heterocycles. The molecule has 4 rings (SSSR count). The molecule has 10 nitrogen and oxygen atoms in total. The van der Waals surface area contributed by atoms with E-state index >= 15 is 0 Å². The fraction of sp³-hybridized carbons (Fsp3) is 0.0588. The summed E-state index contributed by atoms with van der Waals surface area (Å²) >= 11 is 1.24. The number of hydrogen-bond acceptors (Lipinski definition) is 8. The molecule has 0 fully saturated rings. The highest BCUT2D eigenvalue weighted by Crippen LogP contribution is 2.29. The van der Waals surface area contributed by atoms with Crippen molar-refractivity contribution in [1.29, 1.82) is 0 Å². The number of amides is 2. The van der Waals surface area contributed by atoms with Crippen LogP contribution >= 0.6 is 11.3 Å². The quantitative estimate of drug-likeness (QED) is 0.491. The zero-order valence-electron chi connectivity index (χ0n) is 14.6. The molecule has 0 aliphatic rings. The van der Waals surface area contributed by atoms with E-state index in [1.54, 1.807) is 46.7 Å². The molecule has 0 aliphatic heterocycles. The standard InChI is InChI=1S/C17H14N8O2S/c1-10(26)23-24(12-3-2-4-19-6-12)16-17-21-9-22-25(17)13(7-20-16)11-5-14(15(18)27)28-8-11/h2-9H,1H3,(H2,18,27)(H,23,26). The molecule has 3 N–H and O–H groups in total. The lowest BCUT2D eigenvalue weighted by Crippen LogP contribution is -2.38. The zero-order chi connectivity index (χ0) is 19.7. The Labute approximate surface area is 162 Å². The van der Waals surface area contributed by atoms with Gasteiger partial charge in [-0.25, -0.2) is 19.5 Å². The molecule has 2 amide bonds. The van der Waals surface area contributed by atoms with Gasteiger partial charge in [0.2, 0.25) is 11.6 Å². The number of thiophene rings is 1. The summed E-state index contributed by atoms with van der Waals surface area (Å²) in [6.07, 6.45) is 6.21. The fourth-order valence-electron chi connectivity index (χ4n) is 2.64. The lowest BCUT2D eigenvalue weighted by molar-refractivity contribution is -0.118. The van der Waals surface area contributed by atoms with Crippen molar-refractivity contribution in [3.8, 4) is 11.3 Å². The number of hydrazine groups is 1. The highest BCUT2D eigenvalue weighted by molar-refractivity contribution is 7.12. The number of carbonyl (C=O) groups is 2. The van der Waals surface area contributed by atoms with Gasteiger partial charge in [0.25, 0.3) is 5.91 Å². The van der Waals surface area contributed by atoms with E-state index in [2.05, 4.69) is 25.5 Å². The summed E-state index contributed by atoms with van der Waals surface area (Å²) in [6.45, 7) is 1.40. The molecule has 0 unspecified atom stereocenters. The third kappa shape index (κ3) is 3.14. The summed E-state index contributed by atoms with van der Waals surface area (Å²) in [5, 5.41) is 7.55. The number of nitrogens with zero attached hydrogens (tertiary/aromatic N) is 6. The Morgan fingerprint density at radius 2 is 2.14 bits per heavy atom. The molecule has 11 heteroatoms. The van der Waals surface area contributed by atoms with Crippen molar-refractivity contribution in [3.63, 3.8) is 0 Å². The molecule has 0 aliphatic carbocycles. The fourth-order valence-corrected chi connectivity index (χ4v) is 3.40. The van der Waals surface area contributed by atoms with Gasteiger partial charge >= 0.3 is 0 Å². The zero-order valence-corrected chi connectivity index (χ0v) is 15.4. The molecule has 140 valence electrons. The summed E-state index contributed by atoms with van der Waals surface area (Å²) < 4.78 is 1.58. The van der Waals surface area contributed by atoms with E-state index in [-0.39, 0.29) is 5.91 Å². The first-order chi connectivity index (χ1) is 13.5. The number of pyridine rings is 1. The maximum Gasteiger partial charge on any atom is 0.258 e. The minimum Gasteiger partial charge on any atom is -0.365 e. The number of rotatable bonds is 5. The topological polar surface area (TPSA) is 131 Å². The number of anilines is 2. The number of primary amides is 1. The molecular formula is C17H14N8O2S. The highest BCUT2D eigenvalue weighted by atomic mass is 32.1. The van der Waals surface area contributed by atoms with Crippen molar-refractivity contribution in [2.75, 3.05) is 5.01 Å². The molecule has 28 heavy (non-hydrogen) atoms. The molecule has 4 aromatic rings. The SMILES string of the molecule is CC(=O)NN(c1cccnc1)c1ncc(-c2csc(C(N)=O)c2)n2ncnc12. The van der Waals surface area contributed by atoms with Crippen LogP contribution in [0.25, 0.3) is 16.9 Å². The van der Waals surface area contributed by atoms with Gasteiger partial charge in [-0.3, -0.25) is 20.0 Å². The number of aromatic nitrogens is 5. The monoisotopic (exact) mass is 394 g/mol. The number of nitrogens with one attached hydrogen (secondary N) is 1. The second kappa shape index (κ2) is 7.04. The lowest BCUT2D eigenvalue weighted by atomic mass is 10.2. The minimum atomic E-state index is -0.496. The lowest BCUT2D eigenvalue weighted by Gasteiger charge is -2.23. The van der Waals surface area contributed by atoms with E-state index in [0.29, 0.717) is 27.7 Å². The molecule has 0 aromatic carbocycles. The van der Waals surface area contributed by atoms with E-state index in [4.69, 9.17) is 5.73 Å². The number of carbonyl (C=O) groups excluding carboxylic acids is 2. The van der Waals surface area contributed by atoms with Gasteiger partial charge in [0.1, 0.15) is 6.33 Å². The maximum absolute atomic E-state index is 11.7. The van der Waals surface area contributed by atoms with Crippen LogP contribution in [0.15, 0.2) is 48.5 Å². The molecule has 4 aromatic heterocycles. The molecule has 0 saturated carbocycles. The second-order valence-corrected chi connectivity index (χ2v) is 6.65. The van der Waals surface area contributed by atoms with E-state index < -0.39 is 5.91 Å². The third-order valence-corrected chi connectivity index (χ3v) is 4.75. The van der Waals surface area contributed by atoms with Crippen molar-refractivity contribution in [2.45, 2.75) is 6.92 Å². The minimum absolute atomic E-state index is 0.281. The van der Waals surface area contributed by atoms with Crippen LogP contribution in [0.5, 0.6) is 0 Å². The number of fused-ring (bicyclic) bond motifs is 1. The molecule has 0 saturated heterocycles. The van der Waals surface area contributed by atoms with Gasteiger partial charge < -0.3 is 5.73 Å². The Balaban J connectivity index is 1.85. The van der Waals surface area contributed by atoms with E-state index in [1.807, 2.05) is 0 Å². The van der Waals surface area contributed by atoms with Crippen LogP contribution in [-0.2, 0) is 4.79 Å². The first kappa shape index (κ1) is 17.5. The third-order valence-electron chi connectivity index (χ3n) is 3.81. The van der Waals surface area contributed by atoms with E-state index in [9.17, 15) is 9.59 Å². The van der Waals surface area contributed by atoms with Gasteiger partial charge in [0.15, 0.2) is 5.82 Å². The average molecular weight is 394 g/mol. The molecule has 0 bridgehead atoms. The summed E-state index contributed by atoms with van der Waals surface area (Å²) in [4.78, 5) is 36.4. The second-order valence-electron chi connectivity index (χ2n) is 5.74. The normalized spacial score (nSPS) is 10.8. The summed E-state index contributed by atoms with van der Waals surface area (Å²) in [5.41, 5.74) is 10.5.